The van der Waals surface area contributed by atoms with Crippen molar-refractivity contribution in [1.82, 2.24) is 9.97 Å². The maximum atomic E-state index is 3.87. The van der Waals surface area contributed by atoms with Crippen molar-refractivity contribution in [2.24, 2.45) is 7.05 Å². The molecule has 0 N–H and O–H groups in total. The van der Waals surface area contributed by atoms with Crippen molar-refractivity contribution >= 4 is 0 Å². The fourth-order valence-corrected chi connectivity index (χ4v) is 0.858. The molecule has 0 aromatic carbocycles. The molecule has 2 aromatic heterocycles. The number of rotatable bonds is 0. The van der Waals surface area contributed by atoms with Crippen molar-refractivity contribution in [3.05, 3.63) is 54.9 Å². The van der Waals surface area contributed by atoms with Crippen molar-refractivity contribution < 1.29 is 4.57 Å². The molecule has 3 heteroatoms. The Morgan fingerprint density at radius 1 is 0.875 bits per heavy atom. The zero-order chi connectivity index (χ0) is 10.2. The van der Waals surface area contributed by atoms with Crippen molar-refractivity contribution in [2.45, 2.75) is 21.8 Å². The van der Waals surface area contributed by atoms with Gasteiger partial charge in [0.2, 0.25) is 0 Å². The largest absolute Gasteiger partial charge is 0.242 e. The van der Waals surface area contributed by atoms with Gasteiger partial charge in [0.15, 0.2) is 12.4 Å². The first kappa shape index (κ1) is 16.7. The fourth-order valence-electron chi connectivity index (χ4n) is 0.858. The van der Waals surface area contributed by atoms with Crippen LogP contribution in [0.25, 0.3) is 0 Å². The van der Waals surface area contributed by atoms with E-state index in [0.29, 0.717) is 0 Å². The molecule has 0 fully saturated rings. The van der Waals surface area contributed by atoms with Gasteiger partial charge in [0, 0.05) is 24.5 Å². The van der Waals surface area contributed by atoms with Gasteiger partial charge in [0.1, 0.15) is 12.9 Å². The van der Waals surface area contributed by atoms with E-state index in [0.717, 1.165) is 5.82 Å². The third kappa shape index (κ3) is 7.62. The number of aryl methyl sites for hydroxylation is 2. The zero-order valence-corrected chi connectivity index (χ0v) is 8.46. The first-order valence-corrected chi connectivity index (χ1v) is 4.43. The van der Waals surface area contributed by atoms with Crippen LogP contribution in [0.1, 0.15) is 20.7 Å². The first-order valence-electron chi connectivity index (χ1n) is 4.43. The van der Waals surface area contributed by atoms with Crippen molar-refractivity contribution in [2.75, 3.05) is 0 Å². The Labute approximate surface area is 98.8 Å². The van der Waals surface area contributed by atoms with Crippen molar-refractivity contribution in [1.29, 1.82) is 0 Å². The molecule has 0 aliphatic heterocycles. The van der Waals surface area contributed by atoms with E-state index in [1.165, 1.54) is 0 Å². The predicted molar refractivity (Wildman–Crippen MR) is 67.8 cm³/mol. The molecule has 0 spiro atoms. The van der Waals surface area contributed by atoms with E-state index in [1.807, 2.05) is 49.1 Å². The molecule has 2 heterocycles. The van der Waals surface area contributed by atoms with Crippen LogP contribution in [-0.4, -0.2) is 9.97 Å². The highest BCUT2D eigenvalue weighted by Crippen LogP contribution is 1.78. The van der Waals surface area contributed by atoms with Crippen LogP contribution in [0.4, 0.5) is 0 Å². The lowest BCUT2D eigenvalue weighted by Crippen LogP contribution is -2.25. The van der Waals surface area contributed by atoms with Crippen LogP contribution in [0.3, 0.4) is 0 Å². The van der Waals surface area contributed by atoms with Crippen LogP contribution < -0.4 is 4.57 Å². The van der Waals surface area contributed by atoms with E-state index in [9.17, 15) is 0 Å². The van der Waals surface area contributed by atoms with E-state index in [2.05, 4.69) is 9.97 Å². The lowest BCUT2D eigenvalue weighted by molar-refractivity contribution is -0.671. The highest BCUT2D eigenvalue weighted by molar-refractivity contribution is 4.84. The Hall–Kier alpha value is -1.77. The summed E-state index contributed by atoms with van der Waals surface area (Å²) in [6.45, 7) is 1.86. The van der Waals surface area contributed by atoms with Crippen molar-refractivity contribution in [3.63, 3.8) is 0 Å². The molecule has 0 radical (unpaired) electrons. The number of hydrogen-bond donors (Lipinski definition) is 0. The summed E-state index contributed by atoms with van der Waals surface area (Å²) >= 11 is 0. The minimum atomic E-state index is 0. The Morgan fingerprint density at radius 2 is 1.38 bits per heavy atom. The normalized spacial score (nSPS) is 7.62. The molecule has 2 rings (SSSR count). The summed E-state index contributed by atoms with van der Waals surface area (Å²) in [6.07, 6.45) is 7.45. The number of pyridine rings is 1. The van der Waals surface area contributed by atoms with E-state index < -0.39 is 0 Å². The quantitative estimate of drug-likeness (QED) is 0.639. The van der Waals surface area contributed by atoms with Crippen LogP contribution >= 0.6 is 0 Å². The Kier molecular flexibility index (Phi) is 10.2. The van der Waals surface area contributed by atoms with Gasteiger partial charge in [-0.3, -0.25) is 0 Å². The van der Waals surface area contributed by atoms with Gasteiger partial charge in [-0.25, -0.2) is 14.5 Å². The van der Waals surface area contributed by atoms with Gasteiger partial charge in [-0.2, -0.15) is 0 Å². The first-order chi connectivity index (χ1) is 6.79. The topological polar surface area (TPSA) is 29.7 Å². The maximum Gasteiger partial charge on any atom is 0.168 e. The Balaban J connectivity index is 0. The smallest absolute Gasteiger partial charge is 0.168 e. The fraction of sp³-hybridized carbons (Fsp3) is 0.308. The lowest BCUT2D eigenvalue weighted by Gasteiger charge is -1.81. The third-order valence-electron chi connectivity index (χ3n) is 1.56. The van der Waals surface area contributed by atoms with Gasteiger partial charge in [0.25, 0.3) is 0 Å². The molecule has 16 heavy (non-hydrogen) atoms. The summed E-state index contributed by atoms with van der Waals surface area (Å²) in [6, 6.07) is 7.80. The minimum Gasteiger partial charge on any atom is -0.242 e. The van der Waals surface area contributed by atoms with E-state index in [-0.39, 0.29) is 14.9 Å². The molecule has 3 nitrogen and oxygen atoms in total. The minimum absolute atomic E-state index is 0. The SMILES string of the molecule is C.C.C[n+]1ccccc1.Cc1ncccn1. The highest BCUT2D eigenvalue weighted by Gasteiger charge is 1.78. The maximum absolute atomic E-state index is 3.87. The zero-order valence-electron chi connectivity index (χ0n) is 8.46. The molecule has 2 aromatic rings. The molecule has 88 valence electrons. The van der Waals surface area contributed by atoms with Gasteiger partial charge >= 0.3 is 0 Å². The molecular formula is C13H22N3+. The van der Waals surface area contributed by atoms with Crippen LogP contribution in [0, 0.1) is 6.92 Å². The second-order valence-corrected chi connectivity index (χ2v) is 2.84. The Morgan fingerprint density at radius 3 is 1.62 bits per heavy atom. The van der Waals surface area contributed by atoms with Gasteiger partial charge in [0.05, 0.1) is 0 Å². The van der Waals surface area contributed by atoms with Crippen LogP contribution in [-0.2, 0) is 7.05 Å². The van der Waals surface area contributed by atoms with Crippen molar-refractivity contribution in [3.8, 4) is 0 Å². The molecule has 0 amide bonds. The predicted octanol–water partition coefficient (Wildman–Crippen LogP) is 2.57. The molecule has 0 bridgehead atoms. The summed E-state index contributed by atoms with van der Waals surface area (Å²) in [5.41, 5.74) is 0. The molecule has 0 unspecified atom stereocenters. The van der Waals surface area contributed by atoms with E-state index >= 15 is 0 Å². The molecular weight excluding hydrogens is 198 g/mol. The standard InChI is InChI=1S/C6H8N.C5H6N2.2CH4/c1-7-5-3-2-4-6-7;1-5-6-3-2-4-7-5;;/h2-6H,1H3;2-4H,1H3;2*1H4/q+1;;;. The van der Waals surface area contributed by atoms with Crippen LogP contribution in [0.15, 0.2) is 49.1 Å². The second-order valence-electron chi connectivity index (χ2n) is 2.84. The molecule has 0 aliphatic carbocycles. The average Bonchev–Trinajstić information content (AvgIpc) is 2.21. The summed E-state index contributed by atoms with van der Waals surface area (Å²) in [7, 11) is 2.00. The number of hydrogen-bond acceptors (Lipinski definition) is 2. The molecule has 0 atom stereocenters. The third-order valence-corrected chi connectivity index (χ3v) is 1.56. The highest BCUT2D eigenvalue weighted by atomic mass is 14.9. The summed E-state index contributed by atoms with van der Waals surface area (Å²) in [5, 5.41) is 0. The molecule has 0 aliphatic rings. The number of nitrogens with zero attached hydrogens (tertiary/aromatic N) is 3. The van der Waals surface area contributed by atoms with Gasteiger partial charge < -0.3 is 0 Å². The van der Waals surface area contributed by atoms with E-state index in [1.54, 1.807) is 18.5 Å². The molecule has 0 saturated carbocycles. The lowest BCUT2D eigenvalue weighted by atomic mass is 10.5. The van der Waals surface area contributed by atoms with Gasteiger partial charge in [-0.05, 0) is 13.0 Å². The van der Waals surface area contributed by atoms with Crippen LogP contribution in [0.2, 0.25) is 0 Å². The van der Waals surface area contributed by atoms with Crippen LogP contribution in [0.5, 0.6) is 0 Å². The number of aromatic nitrogens is 3. The monoisotopic (exact) mass is 220 g/mol. The second kappa shape index (κ2) is 9.77. The molecule has 0 saturated heterocycles. The van der Waals surface area contributed by atoms with Gasteiger partial charge in [-0.1, -0.05) is 20.9 Å². The Bertz CT molecular complexity index is 309. The van der Waals surface area contributed by atoms with Gasteiger partial charge in [-0.15, -0.1) is 0 Å². The summed E-state index contributed by atoms with van der Waals surface area (Å²) < 4.78 is 2.00. The summed E-state index contributed by atoms with van der Waals surface area (Å²) in [5.74, 6) is 0.822. The van der Waals surface area contributed by atoms with E-state index in [4.69, 9.17) is 0 Å². The summed E-state index contributed by atoms with van der Waals surface area (Å²) in [4.78, 5) is 7.74. The average molecular weight is 220 g/mol.